The van der Waals surface area contributed by atoms with Crippen LogP contribution in [0.2, 0.25) is 0 Å². The Morgan fingerprint density at radius 3 is 2.00 bits per heavy atom. The maximum atomic E-state index is 9.87. The number of rotatable bonds is 0. The molecule has 0 aliphatic carbocycles. The molecule has 2 nitrogen and oxygen atoms in total. The van der Waals surface area contributed by atoms with E-state index in [1.807, 2.05) is 0 Å². The van der Waals surface area contributed by atoms with Crippen LogP contribution in [-0.2, 0) is 0 Å². The fraction of sp³-hybridized carbons (Fsp3) is 0.571. The molecule has 0 aromatic rings. The van der Waals surface area contributed by atoms with Crippen molar-refractivity contribution in [3.8, 4) is 0 Å². The molecule has 98 valence electrons. The molecule has 16 heavy (non-hydrogen) atoms. The Morgan fingerprint density at radius 1 is 1.12 bits per heavy atom. The molecule has 0 saturated carbocycles. The summed E-state index contributed by atoms with van der Waals surface area (Å²) in [5, 5.41) is 0. The molecule has 0 fully saturated rings. The van der Waals surface area contributed by atoms with Gasteiger partial charge in [0.25, 0.3) is 0 Å². The fourth-order valence-electron chi connectivity index (χ4n) is 0.797. The summed E-state index contributed by atoms with van der Waals surface area (Å²) in [6, 6.07) is 0. The van der Waals surface area contributed by atoms with Gasteiger partial charge in [0.2, 0.25) is 0 Å². The average Bonchev–Trinajstić information content (AvgIpc) is 2.09. The van der Waals surface area contributed by atoms with Gasteiger partial charge < -0.3 is 4.90 Å². The molecule has 0 bridgehead atoms. The molecule has 1 heterocycles. The van der Waals surface area contributed by atoms with Gasteiger partial charge in [0, 0.05) is 19.3 Å². The predicted molar refractivity (Wildman–Crippen MR) is 52.5 cm³/mol. The van der Waals surface area contributed by atoms with Crippen molar-refractivity contribution in [1.82, 2.24) is 4.90 Å². The van der Waals surface area contributed by atoms with E-state index in [1.54, 1.807) is 0 Å². The van der Waals surface area contributed by atoms with Gasteiger partial charge in [-0.1, -0.05) is 0 Å². The first-order valence-corrected chi connectivity index (χ1v) is 6.25. The van der Waals surface area contributed by atoms with Crippen LogP contribution in [0.1, 0.15) is 0 Å². The summed E-state index contributed by atoms with van der Waals surface area (Å²) < 4.78 is 61.4. The van der Waals surface area contributed by atoms with Crippen LogP contribution in [0.25, 0.3) is 0 Å². The van der Waals surface area contributed by atoms with Gasteiger partial charge in [0.1, 0.15) is 7.05 Å². The van der Waals surface area contributed by atoms with Crippen molar-refractivity contribution >= 4 is 14.0 Å². The van der Waals surface area contributed by atoms with Crippen LogP contribution in [0.15, 0.2) is 12.3 Å². The monoisotopic (exact) mass is 270 g/mol. The van der Waals surface area contributed by atoms with E-state index in [4.69, 9.17) is 0 Å². The van der Waals surface area contributed by atoms with E-state index in [9.17, 15) is 25.2 Å². The number of allylic oxidation sites excluding steroid dienone is 1. The van der Waals surface area contributed by atoms with E-state index in [1.165, 1.54) is 0 Å². The summed E-state index contributed by atoms with van der Waals surface area (Å²) in [5.74, 6) is 0. The molecule has 1 aliphatic heterocycles. The van der Waals surface area contributed by atoms with E-state index in [2.05, 4.69) is 42.1 Å². The molecule has 0 spiro atoms. The molecule has 0 aromatic heterocycles. The first-order chi connectivity index (χ1) is 6.74. The van der Waals surface area contributed by atoms with Crippen LogP contribution in [-0.4, -0.2) is 42.9 Å². The van der Waals surface area contributed by atoms with E-state index >= 15 is 0 Å². The molecule has 0 N–H and O–H groups in total. The van der Waals surface area contributed by atoms with Gasteiger partial charge in [-0.05, 0) is 0 Å². The third kappa shape index (κ3) is 18.9. The molecule has 0 saturated heterocycles. The zero-order chi connectivity index (χ0) is 13.1. The standard InChI is InChI=1S/C7H13N2.F6P/c1-8-4-3-5-9(2)7-6-8;1-7(2,3,4,5)6/h3-5H,6-7H2,1-2H3;/q+1;-1. The molecule has 9 heteroatoms. The van der Waals surface area contributed by atoms with Gasteiger partial charge in [0.05, 0.1) is 6.54 Å². The molecule has 1 aliphatic rings. The van der Waals surface area contributed by atoms with Crippen molar-refractivity contribution in [3.63, 3.8) is 0 Å². The first kappa shape index (κ1) is 15.2. The Hall–Kier alpha value is -0.780. The van der Waals surface area contributed by atoms with E-state index in [0.717, 1.165) is 13.1 Å². The zero-order valence-corrected chi connectivity index (χ0v) is 9.65. The summed E-state index contributed by atoms with van der Waals surface area (Å²) in [5.41, 5.74) is 0. The van der Waals surface area contributed by atoms with Gasteiger partial charge in [-0.25, -0.2) is 4.58 Å². The second-order valence-electron chi connectivity index (χ2n) is 3.41. The van der Waals surface area contributed by atoms with Crippen LogP contribution in [0.5, 0.6) is 0 Å². The van der Waals surface area contributed by atoms with Gasteiger partial charge >= 0.3 is 33.0 Å². The molecular weight excluding hydrogens is 257 g/mol. The van der Waals surface area contributed by atoms with Crippen LogP contribution in [0.3, 0.4) is 0 Å². The van der Waals surface area contributed by atoms with Gasteiger partial charge in [-0.15, -0.1) is 0 Å². The summed E-state index contributed by atoms with van der Waals surface area (Å²) in [7, 11) is -6.48. The molecule has 0 aromatic carbocycles. The fourth-order valence-corrected chi connectivity index (χ4v) is 0.797. The quantitative estimate of drug-likeness (QED) is 0.370. The topological polar surface area (TPSA) is 6.25 Å². The van der Waals surface area contributed by atoms with Crippen molar-refractivity contribution < 1.29 is 29.8 Å². The average molecular weight is 270 g/mol. The second-order valence-corrected chi connectivity index (χ2v) is 5.33. The van der Waals surface area contributed by atoms with Crippen molar-refractivity contribution in [3.05, 3.63) is 12.3 Å². The Labute approximate surface area is 89.1 Å². The minimum absolute atomic E-state index is 1.11. The third-order valence-electron chi connectivity index (χ3n) is 1.49. The van der Waals surface area contributed by atoms with Crippen LogP contribution in [0.4, 0.5) is 25.2 Å². The van der Waals surface area contributed by atoms with Crippen LogP contribution < -0.4 is 0 Å². The summed E-state index contributed by atoms with van der Waals surface area (Å²) in [6.07, 6.45) is 6.24. The van der Waals surface area contributed by atoms with Gasteiger partial charge in [-0.2, -0.15) is 0 Å². The van der Waals surface area contributed by atoms with Crippen LogP contribution in [0, 0.1) is 0 Å². The molecule has 0 unspecified atom stereocenters. The predicted octanol–water partition coefficient (Wildman–Crippen LogP) is 3.54. The second kappa shape index (κ2) is 3.91. The molecule has 0 radical (unpaired) electrons. The van der Waals surface area contributed by atoms with Gasteiger partial charge in [0.15, 0.2) is 12.8 Å². The number of halogens is 6. The van der Waals surface area contributed by atoms with E-state index < -0.39 is 7.81 Å². The van der Waals surface area contributed by atoms with Crippen molar-refractivity contribution in [2.24, 2.45) is 0 Å². The van der Waals surface area contributed by atoms with Crippen LogP contribution >= 0.6 is 7.81 Å². The van der Waals surface area contributed by atoms with Crippen molar-refractivity contribution in [2.75, 3.05) is 27.2 Å². The van der Waals surface area contributed by atoms with Crippen molar-refractivity contribution in [2.45, 2.75) is 0 Å². The molecule has 0 amide bonds. The Bertz CT molecular complexity index is 291. The molecular formula is C7H13F6N2P. The zero-order valence-electron chi connectivity index (χ0n) is 8.76. The minimum atomic E-state index is -10.7. The maximum absolute atomic E-state index is 10.7. The van der Waals surface area contributed by atoms with E-state index in [-0.39, 0.29) is 0 Å². The SMILES string of the molecule is CN1C=CC=[N+](C)CC1.F[P-](F)(F)(F)(F)F. The Kier molecular flexibility index (Phi) is 3.72. The summed E-state index contributed by atoms with van der Waals surface area (Å²) in [4.78, 5) is 2.18. The van der Waals surface area contributed by atoms with E-state index in [0.29, 0.717) is 0 Å². The number of nitrogens with zero attached hydrogens (tertiary/aromatic N) is 2. The number of hydrogen-bond acceptors (Lipinski definition) is 1. The first-order valence-electron chi connectivity index (χ1n) is 4.22. The molecule has 0 atom stereocenters. The van der Waals surface area contributed by atoms with Gasteiger partial charge in [-0.3, -0.25) is 0 Å². The number of likely N-dealkylation sites (N-methyl/N-ethyl adjacent to an activating group) is 2. The number of hydrogen-bond donors (Lipinski definition) is 0. The summed E-state index contributed by atoms with van der Waals surface area (Å²) in [6.45, 7) is 2.23. The normalized spacial score (nSPS) is 21.0. The Balaban J connectivity index is 0.000000293. The molecule has 1 rings (SSSR count). The third-order valence-corrected chi connectivity index (χ3v) is 1.49. The Morgan fingerprint density at radius 2 is 1.56 bits per heavy atom. The van der Waals surface area contributed by atoms with Crippen molar-refractivity contribution in [1.29, 1.82) is 0 Å². The summed E-state index contributed by atoms with van der Waals surface area (Å²) >= 11 is 0.